The van der Waals surface area contributed by atoms with E-state index in [-0.39, 0.29) is 10.8 Å². The van der Waals surface area contributed by atoms with Crippen LogP contribution in [0.1, 0.15) is 65.2 Å². The second kappa shape index (κ2) is 5.68. The van der Waals surface area contributed by atoms with Crippen LogP contribution in [0.2, 0.25) is 0 Å². The fourth-order valence-electron chi connectivity index (χ4n) is 7.04. The molecule has 0 saturated heterocycles. The summed E-state index contributed by atoms with van der Waals surface area (Å²) in [5.41, 5.74) is 3.60. The summed E-state index contributed by atoms with van der Waals surface area (Å²) in [6.07, 6.45) is 19.6. The zero-order valence-electron chi connectivity index (χ0n) is 16.1. The van der Waals surface area contributed by atoms with Gasteiger partial charge < -0.3 is 4.57 Å². The monoisotopic (exact) mass is 350 g/mol. The smallest absolute Gasteiger partial charge is 0.133 e. The summed E-state index contributed by atoms with van der Waals surface area (Å²) in [5.74, 6) is 2.71. The number of carbonyl (C=O) groups excluding carboxylic acids is 1. The molecule has 2 saturated carbocycles. The van der Waals surface area contributed by atoms with Gasteiger partial charge in [0.25, 0.3) is 0 Å². The van der Waals surface area contributed by atoms with Crippen LogP contribution in [0.5, 0.6) is 0 Å². The van der Waals surface area contributed by atoms with Gasteiger partial charge in [-0.15, -0.1) is 0 Å². The maximum atomic E-state index is 12.1. The van der Waals surface area contributed by atoms with Crippen molar-refractivity contribution in [3.05, 3.63) is 36.4 Å². The number of allylic oxidation sites excluding steroid dienone is 4. The quantitative estimate of drug-likeness (QED) is 0.648. The highest BCUT2D eigenvalue weighted by Gasteiger charge is 2.56. The average molecular weight is 351 g/mol. The number of rotatable bonds is 1. The van der Waals surface area contributed by atoms with Gasteiger partial charge >= 0.3 is 0 Å². The zero-order valence-corrected chi connectivity index (χ0v) is 16.1. The Morgan fingerprint density at radius 1 is 1.04 bits per heavy atom. The number of hydrogen-bond donors (Lipinski definition) is 0. The fourth-order valence-corrected chi connectivity index (χ4v) is 7.04. The third-order valence-corrected chi connectivity index (χ3v) is 8.54. The standard InChI is InChI=1S/C23H30N2O/c1-22-11-9-17(26)5-3-16(22)4-6-18-19-7-8-21(25-14-13-24-15-25)23(19,2)12-10-20(18)22/h4,8,13-15,18-20H,3,5-7,9-12H2,1-2H3/t18?,19-,20-,22-,23-/m0/s1. The number of fused-ring (bicyclic) bond motifs is 5. The third-order valence-electron chi connectivity index (χ3n) is 8.54. The maximum Gasteiger partial charge on any atom is 0.133 e. The van der Waals surface area contributed by atoms with E-state index in [9.17, 15) is 4.79 Å². The van der Waals surface area contributed by atoms with E-state index < -0.39 is 0 Å². The Morgan fingerprint density at radius 3 is 2.73 bits per heavy atom. The van der Waals surface area contributed by atoms with E-state index in [4.69, 9.17) is 0 Å². The minimum Gasteiger partial charge on any atom is -0.310 e. The van der Waals surface area contributed by atoms with E-state index in [2.05, 4.69) is 41.7 Å². The minimum atomic E-state index is 0.258. The molecule has 0 aromatic carbocycles. The van der Waals surface area contributed by atoms with Gasteiger partial charge in [-0.3, -0.25) is 4.79 Å². The van der Waals surface area contributed by atoms with Crippen LogP contribution in [-0.2, 0) is 4.79 Å². The SMILES string of the molecule is C[C@]12CCC(=O)CCC1=CCC1[C@@H]2CC[C@]2(C)C(n3ccnc3)=CC[C@@H]12. The summed E-state index contributed by atoms with van der Waals surface area (Å²) in [6, 6.07) is 0. The molecule has 26 heavy (non-hydrogen) atoms. The lowest BCUT2D eigenvalue weighted by Crippen LogP contribution is -2.48. The first-order chi connectivity index (χ1) is 12.5. The molecule has 0 spiro atoms. The topological polar surface area (TPSA) is 34.9 Å². The Kier molecular flexibility index (Phi) is 3.61. The van der Waals surface area contributed by atoms with Crippen LogP contribution in [0, 0.1) is 28.6 Å². The lowest BCUT2D eigenvalue weighted by Gasteiger charge is -2.56. The Morgan fingerprint density at radius 2 is 1.92 bits per heavy atom. The average Bonchev–Trinajstić information content (AvgIpc) is 3.22. The van der Waals surface area contributed by atoms with Crippen LogP contribution in [0.25, 0.3) is 5.70 Å². The summed E-state index contributed by atoms with van der Waals surface area (Å²) in [6.45, 7) is 4.97. The molecule has 3 heteroatoms. The number of aromatic nitrogens is 2. The van der Waals surface area contributed by atoms with Gasteiger partial charge in [-0.25, -0.2) is 4.98 Å². The highest BCUT2D eigenvalue weighted by molar-refractivity contribution is 5.79. The van der Waals surface area contributed by atoms with Gasteiger partial charge in [-0.2, -0.15) is 0 Å². The normalized spacial score (nSPS) is 42.2. The van der Waals surface area contributed by atoms with Crippen molar-refractivity contribution < 1.29 is 4.79 Å². The first-order valence-electron chi connectivity index (χ1n) is 10.4. The van der Waals surface area contributed by atoms with Crippen LogP contribution in [0.3, 0.4) is 0 Å². The van der Waals surface area contributed by atoms with Gasteiger partial charge in [-0.05, 0) is 61.7 Å². The Bertz CT molecular complexity index is 789. The van der Waals surface area contributed by atoms with E-state index in [0.29, 0.717) is 5.78 Å². The van der Waals surface area contributed by atoms with Crippen molar-refractivity contribution in [3.8, 4) is 0 Å². The lowest BCUT2D eigenvalue weighted by molar-refractivity contribution is -0.119. The van der Waals surface area contributed by atoms with Crippen molar-refractivity contribution in [2.75, 3.05) is 0 Å². The predicted molar refractivity (Wildman–Crippen MR) is 103 cm³/mol. The summed E-state index contributed by atoms with van der Waals surface area (Å²) >= 11 is 0. The van der Waals surface area contributed by atoms with Crippen LogP contribution in [0.4, 0.5) is 0 Å². The molecule has 1 heterocycles. The van der Waals surface area contributed by atoms with Crippen molar-refractivity contribution in [2.45, 2.75) is 65.2 Å². The molecule has 4 aliphatic carbocycles. The molecule has 3 nitrogen and oxygen atoms in total. The van der Waals surface area contributed by atoms with Gasteiger partial charge in [0.2, 0.25) is 0 Å². The van der Waals surface area contributed by atoms with Crippen molar-refractivity contribution in [1.82, 2.24) is 9.55 Å². The van der Waals surface area contributed by atoms with Gasteiger partial charge in [0, 0.05) is 36.3 Å². The lowest BCUT2D eigenvalue weighted by atomic mass is 9.49. The zero-order chi connectivity index (χ0) is 17.9. The van der Waals surface area contributed by atoms with E-state index in [1.807, 2.05) is 12.5 Å². The van der Waals surface area contributed by atoms with Crippen LogP contribution < -0.4 is 0 Å². The molecule has 5 rings (SSSR count). The van der Waals surface area contributed by atoms with Crippen molar-refractivity contribution in [1.29, 1.82) is 0 Å². The summed E-state index contributed by atoms with van der Waals surface area (Å²) in [4.78, 5) is 16.4. The highest BCUT2D eigenvalue weighted by atomic mass is 16.1. The van der Waals surface area contributed by atoms with E-state index in [1.165, 1.54) is 31.4 Å². The molecule has 138 valence electrons. The third kappa shape index (κ3) is 2.18. The van der Waals surface area contributed by atoms with Crippen LogP contribution in [0.15, 0.2) is 36.4 Å². The number of carbonyl (C=O) groups is 1. The summed E-state index contributed by atoms with van der Waals surface area (Å²) in [5, 5.41) is 0. The largest absolute Gasteiger partial charge is 0.310 e. The molecule has 5 atom stereocenters. The van der Waals surface area contributed by atoms with E-state index in [1.54, 1.807) is 5.57 Å². The van der Waals surface area contributed by atoms with Gasteiger partial charge in [0.15, 0.2) is 0 Å². The number of Topliss-reactive ketones (excluding diaryl/α,β-unsaturated/α-hetero) is 1. The number of nitrogens with zero attached hydrogens (tertiary/aromatic N) is 2. The molecule has 1 aromatic rings. The molecule has 1 aromatic heterocycles. The highest BCUT2D eigenvalue weighted by Crippen LogP contribution is 2.65. The summed E-state index contributed by atoms with van der Waals surface area (Å²) in [7, 11) is 0. The van der Waals surface area contributed by atoms with E-state index in [0.717, 1.165) is 43.4 Å². The molecule has 0 radical (unpaired) electrons. The predicted octanol–water partition coefficient (Wildman–Crippen LogP) is 5.26. The van der Waals surface area contributed by atoms with Crippen molar-refractivity contribution >= 4 is 11.5 Å². The second-order valence-electron chi connectivity index (χ2n) is 9.55. The van der Waals surface area contributed by atoms with E-state index >= 15 is 0 Å². The minimum absolute atomic E-state index is 0.258. The molecule has 1 unspecified atom stereocenters. The van der Waals surface area contributed by atoms with Gasteiger partial charge in [0.05, 0.1) is 6.33 Å². The molecular formula is C23H30N2O. The molecule has 0 N–H and O–H groups in total. The van der Waals surface area contributed by atoms with Crippen molar-refractivity contribution in [2.24, 2.45) is 28.6 Å². The molecule has 2 fully saturated rings. The Balaban J connectivity index is 1.48. The first kappa shape index (κ1) is 16.5. The maximum absolute atomic E-state index is 12.1. The molecule has 0 amide bonds. The van der Waals surface area contributed by atoms with Crippen LogP contribution >= 0.6 is 0 Å². The Hall–Kier alpha value is -1.64. The van der Waals surface area contributed by atoms with Crippen molar-refractivity contribution in [3.63, 3.8) is 0 Å². The first-order valence-corrected chi connectivity index (χ1v) is 10.4. The van der Waals surface area contributed by atoms with Gasteiger partial charge in [-0.1, -0.05) is 31.6 Å². The molecular weight excluding hydrogens is 320 g/mol. The number of hydrogen-bond acceptors (Lipinski definition) is 2. The van der Waals surface area contributed by atoms with Gasteiger partial charge in [0.1, 0.15) is 5.78 Å². The number of ketones is 1. The molecule has 0 aliphatic heterocycles. The second-order valence-corrected chi connectivity index (χ2v) is 9.55. The number of imidazole rings is 1. The molecule has 0 bridgehead atoms. The Labute approximate surface area is 156 Å². The van der Waals surface area contributed by atoms with Crippen LogP contribution in [-0.4, -0.2) is 15.3 Å². The fraction of sp³-hybridized carbons (Fsp3) is 0.652. The summed E-state index contributed by atoms with van der Waals surface area (Å²) < 4.78 is 2.25. The molecule has 4 aliphatic rings.